The Hall–Kier alpha value is -0.910. The fourth-order valence-electron chi connectivity index (χ4n) is 4.71. The van der Waals surface area contributed by atoms with Gasteiger partial charge in [0.15, 0.2) is 0 Å². The van der Waals surface area contributed by atoms with Crippen LogP contribution < -0.4 is 0 Å². The number of aliphatic hydroxyl groups excluding tert-OH is 2. The number of allylic oxidation sites excluding steroid dienone is 1. The van der Waals surface area contributed by atoms with E-state index in [0.717, 1.165) is 12.8 Å². The van der Waals surface area contributed by atoms with Crippen LogP contribution in [0.4, 0.5) is 0 Å². The number of esters is 1. The van der Waals surface area contributed by atoms with Gasteiger partial charge in [-0.2, -0.15) is 0 Å². The van der Waals surface area contributed by atoms with E-state index in [1.807, 2.05) is 19.9 Å². The van der Waals surface area contributed by atoms with Gasteiger partial charge in [-0.05, 0) is 45.4 Å². The van der Waals surface area contributed by atoms with E-state index in [1.165, 1.54) is 0 Å². The van der Waals surface area contributed by atoms with Gasteiger partial charge in [-0.25, -0.2) is 4.79 Å². The van der Waals surface area contributed by atoms with Crippen LogP contribution in [0.3, 0.4) is 0 Å². The highest BCUT2D eigenvalue weighted by molar-refractivity contribution is 5.91. The molecule has 5 heteroatoms. The van der Waals surface area contributed by atoms with Gasteiger partial charge < -0.3 is 19.7 Å². The normalized spacial score (nSPS) is 46.9. The van der Waals surface area contributed by atoms with Crippen LogP contribution in [0.1, 0.15) is 46.5 Å². The molecule has 2 bridgehead atoms. The molecule has 2 fully saturated rings. The number of hydrogen-bond acceptors (Lipinski definition) is 5. The lowest BCUT2D eigenvalue weighted by Gasteiger charge is -2.53. The summed E-state index contributed by atoms with van der Waals surface area (Å²) in [4.78, 5) is 12.5. The number of carbonyl (C=O) groups is 1. The van der Waals surface area contributed by atoms with Gasteiger partial charge in [-0.15, -0.1) is 0 Å². The third kappa shape index (κ3) is 1.85. The van der Waals surface area contributed by atoms with Crippen LogP contribution in [0.15, 0.2) is 11.6 Å². The molecule has 1 spiro atoms. The van der Waals surface area contributed by atoms with Crippen LogP contribution in [0, 0.1) is 11.3 Å². The van der Waals surface area contributed by atoms with E-state index in [4.69, 9.17) is 9.47 Å². The van der Waals surface area contributed by atoms with Crippen molar-refractivity contribution in [2.75, 3.05) is 13.2 Å². The Morgan fingerprint density at radius 1 is 1.50 bits per heavy atom. The molecule has 1 aliphatic heterocycles. The van der Waals surface area contributed by atoms with Crippen molar-refractivity contribution >= 4 is 5.97 Å². The molecule has 3 rings (SSSR count). The largest absolute Gasteiger partial charge is 0.463 e. The second-order valence-electron chi connectivity index (χ2n) is 7.35. The average Bonchev–Trinajstić information content (AvgIpc) is 2.73. The van der Waals surface area contributed by atoms with Crippen molar-refractivity contribution in [3.05, 3.63) is 11.6 Å². The molecule has 1 saturated carbocycles. The van der Waals surface area contributed by atoms with Crippen LogP contribution >= 0.6 is 0 Å². The molecule has 0 aromatic rings. The van der Waals surface area contributed by atoms with Gasteiger partial charge in [0, 0.05) is 5.41 Å². The zero-order valence-corrected chi connectivity index (χ0v) is 13.6. The maximum Gasteiger partial charge on any atom is 0.336 e. The van der Waals surface area contributed by atoms with Crippen molar-refractivity contribution in [2.45, 2.75) is 63.8 Å². The number of aliphatic hydroxyl groups is 2. The zero-order chi connectivity index (χ0) is 16.2. The van der Waals surface area contributed by atoms with Crippen molar-refractivity contribution in [2.24, 2.45) is 11.3 Å². The average molecular weight is 310 g/mol. The monoisotopic (exact) mass is 310 g/mol. The molecule has 5 nitrogen and oxygen atoms in total. The molecule has 0 radical (unpaired) electrons. The molecular weight excluding hydrogens is 284 g/mol. The van der Waals surface area contributed by atoms with E-state index in [-0.39, 0.29) is 18.5 Å². The number of ether oxygens (including phenoxy) is 2. The first-order valence-electron chi connectivity index (χ1n) is 8.20. The molecule has 1 heterocycles. The minimum atomic E-state index is -0.850. The van der Waals surface area contributed by atoms with Crippen molar-refractivity contribution in [3.8, 4) is 0 Å². The van der Waals surface area contributed by atoms with Gasteiger partial charge in [0.1, 0.15) is 5.60 Å². The third-order valence-electron chi connectivity index (χ3n) is 6.23. The summed E-state index contributed by atoms with van der Waals surface area (Å²) in [5.74, 6) is -0.319. The van der Waals surface area contributed by atoms with Crippen molar-refractivity contribution in [3.63, 3.8) is 0 Å². The first-order valence-corrected chi connectivity index (χ1v) is 8.20. The second kappa shape index (κ2) is 5.05. The molecular formula is C17H26O5. The van der Waals surface area contributed by atoms with E-state index in [1.54, 1.807) is 6.92 Å². The molecule has 1 saturated heterocycles. The smallest absolute Gasteiger partial charge is 0.336 e. The Kier molecular flexibility index (Phi) is 3.66. The molecule has 0 aromatic carbocycles. The lowest BCUT2D eigenvalue weighted by Crippen LogP contribution is -2.59. The minimum absolute atomic E-state index is 0.0384. The Morgan fingerprint density at radius 2 is 2.23 bits per heavy atom. The van der Waals surface area contributed by atoms with E-state index >= 15 is 0 Å². The topological polar surface area (TPSA) is 76.0 Å². The SMILES string of the molecule is CCOC(=O)C1=CCC[C@@]2(C)[C@H](O)C[C@@H]3C[C@]12O[C@]3(C)CO. The number of hydrogen-bond donors (Lipinski definition) is 2. The van der Waals surface area contributed by atoms with Crippen LogP contribution in [0.25, 0.3) is 0 Å². The highest BCUT2D eigenvalue weighted by atomic mass is 16.6. The molecule has 2 N–H and O–H groups in total. The Bertz CT molecular complexity index is 515. The van der Waals surface area contributed by atoms with Crippen LogP contribution in [0.5, 0.6) is 0 Å². The summed E-state index contributed by atoms with van der Waals surface area (Å²) >= 11 is 0. The summed E-state index contributed by atoms with van der Waals surface area (Å²) in [5, 5.41) is 20.6. The van der Waals surface area contributed by atoms with E-state index in [0.29, 0.717) is 25.0 Å². The lowest BCUT2D eigenvalue weighted by molar-refractivity contribution is -0.181. The first kappa shape index (κ1) is 16.0. The van der Waals surface area contributed by atoms with Gasteiger partial charge in [-0.1, -0.05) is 13.0 Å². The first-order chi connectivity index (χ1) is 10.3. The summed E-state index contributed by atoms with van der Waals surface area (Å²) in [6.07, 6.45) is 4.11. The Balaban J connectivity index is 2.10. The maximum absolute atomic E-state index is 12.5. The molecule has 0 amide bonds. The number of fused-ring (bicyclic) bond motifs is 1. The van der Waals surface area contributed by atoms with Crippen molar-refractivity contribution in [1.29, 1.82) is 0 Å². The van der Waals surface area contributed by atoms with E-state index in [2.05, 4.69) is 0 Å². The highest BCUT2D eigenvalue weighted by Crippen LogP contribution is 2.64. The quantitative estimate of drug-likeness (QED) is 0.774. The summed E-state index contributed by atoms with van der Waals surface area (Å²) < 4.78 is 11.6. The zero-order valence-electron chi connectivity index (χ0n) is 13.6. The summed E-state index contributed by atoms with van der Waals surface area (Å²) in [6.45, 7) is 5.86. The molecule has 0 aromatic heterocycles. The van der Waals surface area contributed by atoms with Gasteiger partial charge in [-0.3, -0.25) is 0 Å². The predicted octanol–water partition coefficient (Wildman–Crippen LogP) is 1.57. The molecule has 124 valence electrons. The fourth-order valence-corrected chi connectivity index (χ4v) is 4.71. The predicted molar refractivity (Wildman–Crippen MR) is 80.1 cm³/mol. The molecule has 0 unspecified atom stereocenters. The van der Waals surface area contributed by atoms with Gasteiger partial charge >= 0.3 is 5.97 Å². The summed E-state index contributed by atoms with van der Waals surface area (Å²) in [7, 11) is 0. The van der Waals surface area contributed by atoms with Crippen molar-refractivity contribution < 1.29 is 24.5 Å². The Morgan fingerprint density at radius 3 is 2.86 bits per heavy atom. The van der Waals surface area contributed by atoms with Crippen LogP contribution in [-0.2, 0) is 14.3 Å². The van der Waals surface area contributed by atoms with Gasteiger partial charge in [0.05, 0.1) is 30.5 Å². The standard InChI is InChI=1S/C17H26O5/c1-4-21-14(20)12-6-5-7-15(2)13(19)8-11-9-17(12,15)22-16(11,3)10-18/h6,11,13,18-19H,4-5,7-10H2,1-3H3/t11-,13-,15+,16-,17+/m1/s1. The summed E-state index contributed by atoms with van der Waals surface area (Å²) in [5.41, 5.74) is -1.56. The lowest BCUT2D eigenvalue weighted by atomic mass is 9.54. The van der Waals surface area contributed by atoms with Crippen LogP contribution in [0.2, 0.25) is 0 Å². The molecule has 5 atom stereocenters. The number of rotatable bonds is 3. The van der Waals surface area contributed by atoms with E-state index < -0.39 is 22.7 Å². The molecule has 22 heavy (non-hydrogen) atoms. The number of carbonyl (C=O) groups excluding carboxylic acids is 1. The maximum atomic E-state index is 12.5. The Labute approximate surface area is 131 Å². The van der Waals surface area contributed by atoms with Crippen LogP contribution in [-0.4, -0.2) is 46.7 Å². The molecule has 3 aliphatic rings. The molecule has 2 aliphatic carbocycles. The minimum Gasteiger partial charge on any atom is -0.463 e. The highest BCUT2D eigenvalue weighted by Gasteiger charge is 2.70. The second-order valence-corrected chi connectivity index (χ2v) is 7.35. The fraction of sp³-hybridized carbons (Fsp3) is 0.824. The van der Waals surface area contributed by atoms with Gasteiger partial charge in [0.2, 0.25) is 0 Å². The van der Waals surface area contributed by atoms with E-state index in [9.17, 15) is 15.0 Å². The summed E-state index contributed by atoms with van der Waals surface area (Å²) in [6, 6.07) is 0. The van der Waals surface area contributed by atoms with Gasteiger partial charge in [0.25, 0.3) is 0 Å². The van der Waals surface area contributed by atoms with Crippen molar-refractivity contribution in [1.82, 2.24) is 0 Å². The third-order valence-corrected chi connectivity index (χ3v) is 6.23.